The van der Waals surface area contributed by atoms with Gasteiger partial charge in [0.2, 0.25) is 0 Å². The fourth-order valence-corrected chi connectivity index (χ4v) is 1.79. The molecule has 3 N–H and O–H groups in total. The first-order valence-electron chi connectivity index (χ1n) is 5.92. The Morgan fingerprint density at radius 3 is 2.47 bits per heavy atom. The SMILES string of the molecule is CCCc1c(N)ncnc1Nc1cc(F)cc(F)c1. The maximum Gasteiger partial charge on any atom is 0.139 e. The lowest BCUT2D eigenvalue weighted by Crippen LogP contribution is -2.05. The molecule has 0 radical (unpaired) electrons. The first-order valence-corrected chi connectivity index (χ1v) is 5.92. The van der Waals surface area contributed by atoms with Gasteiger partial charge in [-0.1, -0.05) is 13.3 Å². The van der Waals surface area contributed by atoms with Gasteiger partial charge in [0.15, 0.2) is 0 Å². The highest BCUT2D eigenvalue weighted by Gasteiger charge is 2.09. The fourth-order valence-electron chi connectivity index (χ4n) is 1.79. The van der Waals surface area contributed by atoms with Crippen LogP contribution in [0.1, 0.15) is 18.9 Å². The number of nitrogens with zero attached hydrogens (tertiary/aromatic N) is 2. The molecule has 19 heavy (non-hydrogen) atoms. The number of rotatable bonds is 4. The van der Waals surface area contributed by atoms with Crippen LogP contribution in [0.25, 0.3) is 0 Å². The maximum absolute atomic E-state index is 13.1. The molecule has 6 heteroatoms. The lowest BCUT2D eigenvalue weighted by molar-refractivity contribution is 0.584. The van der Waals surface area contributed by atoms with E-state index in [1.54, 1.807) is 0 Å². The average Bonchev–Trinajstić information content (AvgIpc) is 2.32. The highest BCUT2D eigenvalue weighted by atomic mass is 19.1. The Kier molecular flexibility index (Phi) is 3.89. The summed E-state index contributed by atoms with van der Waals surface area (Å²) in [6.07, 6.45) is 2.86. The normalized spacial score (nSPS) is 10.5. The lowest BCUT2D eigenvalue weighted by atomic mass is 10.1. The van der Waals surface area contributed by atoms with Crippen LogP contribution in [0.4, 0.5) is 26.1 Å². The Balaban J connectivity index is 2.34. The van der Waals surface area contributed by atoms with Gasteiger partial charge in [0, 0.05) is 17.3 Å². The summed E-state index contributed by atoms with van der Waals surface area (Å²) in [6.45, 7) is 2.00. The molecule has 0 unspecified atom stereocenters. The molecule has 0 saturated carbocycles. The van der Waals surface area contributed by atoms with Gasteiger partial charge in [-0.05, 0) is 18.6 Å². The number of hydrogen-bond donors (Lipinski definition) is 2. The third-order valence-corrected chi connectivity index (χ3v) is 2.60. The molecule has 0 spiro atoms. The van der Waals surface area contributed by atoms with Crippen molar-refractivity contribution in [1.29, 1.82) is 0 Å². The molecule has 1 heterocycles. The standard InChI is InChI=1S/C13H14F2N4/c1-2-3-11-12(16)17-7-18-13(11)19-10-5-8(14)4-9(15)6-10/h4-7H,2-3H2,1H3,(H3,16,17,18,19). The minimum atomic E-state index is -0.651. The molecule has 0 fully saturated rings. The molecular weight excluding hydrogens is 250 g/mol. The Morgan fingerprint density at radius 1 is 1.16 bits per heavy atom. The summed E-state index contributed by atoms with van der Waals surface area (Å²) in [5.41, 5.74) is 6.81. The summed E-state index contributed by atoms with van der Waals surface area (Å²) in [7, 11) is 0. The molecule has 2 aromatic rings. The predicted octanol–water partition coefficient (Wildman–Crippen LogP) is 3.03. The molecule has 1 aromatic carbocycles. The Labute approximate surface area is 109 Å². The first-order chi connectivity index (χ1) is 9.10. The van der Waals surface area contributed by atoms with E-state index < -0.39 is 11.6 Å². The summed E-state index contributed by atoms with van der Waals surface area (Å²) in [5.74, 6) is -0.460. The molecule has 4 nitrogen and oxygen atoms in total. The topological polar surface area (TPSA) is 63.8 Å². The van der Waals surface area contributed by atoms with Crippen molar-refractivity contribution in [3.8, 4) is 0 Å². The van der Waals surface area contributed by atoms with Gasteiger partial charge in [0.1, 0.15) is 29.6 Å². The van der Waals surface area contributed by atoms with E-state index in [1.807, 2.05) is 6.92 Å². The smallest absolute Gasteiger partial charge is 0.139 e. The van der Waals surface area contributed by atoms with E-state index in [1.165, 1.54) is 18.5 Å². The zero-order valence-electron chi connectivity index (χ0n) is 10.5. The molecule has 0 aliphatic heterocycles. The Morgan fingerprint density at radius 2 is 1.84 bits per heavy atom. The van der Waals surface area contributed by atoms with Gasteiger partial charge < -0.3 is 11.1 Å². The number of nitrogen functional groups attached to an aromatic ring is 1. The summed E-state index contributed by atoms with van der Waals surface area (Å²) >= 11 is 0. The largest absolute Gasteiger partial charge is 0.383 e. The van der Waals surface area contributed by atoms with Gasteiger partial charge in [-0.25, -0.2) is 18.7 Å². The van der Waals surface area contributed by atoms with Crippen LogP contribution in [0.2, 0.25) is 0 Å². The monoisotopic (exact) mass is 264 g/mol. The summed E-state index contributed by atoms with van der Waals surface area (Å²) in [5, 5.41) is 2.87. The van der Waals surface area contributed by atoms with Gasteiger partial charge in [-0.2, -0.15) is 0 Å². The molecule has 2 rings (SSSR count). The molecule has 0 amide bonds. The van der Waals surface area contributed by atoms with Crippen LogP contribution in [0.3, 0.4) is 0 Å². The van der Waals surface area contributed by atoms with Gasteiger partial charge >= 0.3 is 0 Å². The van der Waals surface area contributed by atoms with Crippen LogP contribution < -0.4 is 11.1 Å². The van der Waals surface area contributed by atoms with Crippen molar-refractivity contribution in [3.05, 3.63) is 41.7 Å². The molecule has 1 aromatic heterocycles. The van der Waals surface area contributed by atoms with Crippen LogP contribution in [0, 0.1) is 11.6 Å². The second kappa shape index (κ2) is 5.60. The molecule has 0 aliphatic rings. The Hall–Kier alpha value is -2.24. The molecule has 0 atom stereocenters. The van der Waals surface area contributed by atoms with E-state index in [2.05, 4.69) is 15.3 Å². The fraction of sp³-hybridized carbons (Fsp3) is 0.231. The zero-order valence-corrected chi connectivity index (χ0v) is 10.5. The van der Waals surface area contributed by atoms with Crippen molar-refractivity contribution in [2.45, 2.75) is 19.8 Å². The predicted molar refractivity (Wildman–Crippen MR) is 70.1 cm³/mol. The summed E-state index contributed by atoms with van der Waals surface area (Å²) < 4.78 is 26.2. The van der Waals surface area contributed by atoms with E-state index in [0.717, 1.165) is 18.1 Å². The van der Waals surface area contributed by atoms with E-state index in [0.29, 0.717) is 18.1 Å². The third kappa shape index (κ3) is 3.15. The lowest BCUT2D eigenvalue weighted by Gasteiger charge is -2.12. The van der Waals surface area contributed by atoms with Crippen LogP contribution in [0.5, 0.6) is 0 Å². The highest BCUT2D eigenvalue weighted by molar-refractivity contribution is 5.63. The Bertz CT molecular complexity index is 567. The van der Waals surface area contributed by atoms with Crippen molar-refractivity contribution in [2.24, 2.45) is 0 Å². The van der Waals surface area contributed by atoms with Crippen LogP contribution >= 0.6 is 0 Å². The van der Waals surface area contributed by atoms with Gasteiger partial charge in [0.05, 0.1) is 0 Å². The van der Waals surface area contributed by atoms with Crippen molar-refractivity contribution in [1.82, 2.24) is 9.97 Å². The molecule has 0 bridgehead atoms. The maximum atomic E-state index is 13.1. The summed E-state index contributed by atoms with van der Waals surface area (Å²) in [6, 6.07) is 3.20. The third-order valence-electron chi connectivity index (χ3n) is 2.60. The highest BCUT2D eigenvalue weighted by Crippen LogP contribution is 2.24. The number of nitrogens with one attached hydrogen (secondary N) is 1. The minimum absolute atomic E-state index is 0.285. The van der Waals surface area contributed by atoms with Crippen LogP contribution in [-0.4, -0.2) is 9.97 Å². The van der Waals surface area contributed by atoms with Crippen molar-refractivity contribution in [2.75, 3.05) is 11.1 Å². The van der Waals surface area contributed by atoms with Crippen molar-refractivity contribution >= 4 is 17.3 Å². The van der Waals surface area contributed by atoms with E-state index in [-0.39, 0.29) is 5.69 Å². The number of nitrogens with two attached hydrogens (primary N) is 1. The summed E-state index contributed by atoms with van der Waals surface area (Å²) in [4.78, 5) is 7.98. The molecule has 0 aliphatic carbocycles. The molecule has 100 valence electrons. The van der Waals surface area contributed by atoms with Gasteiger partial charge in [-0.3, -0.25) is 0 Å². The number of anilines is 3. The van der Waals surface area contributed by atoms with E-state index in [4.69, 9.17) is 5.73 Å². The van der Waals surface area contributed by atoms with E-state index >= 15 is 0 Å². The number of benzene rings is 1. The number of halogens is 2. The minimum Gasteiger partial charge on any atom is -0.383 e. The first kappa shape index (κ1) is 13.2. The second-order valence-corrected chi connectivity index (χ2v) is 4.12. The number of aromatic nitrogens is 2. The zero-order chi connectivity index (χ0) is 13.8. The van der Waals surface area contributed by atoms with Crippen LogP contribution in [-0.2, 0) is 6.42 Å². The second-order valence-electron chi connectivity index (χ2n) is 4.12. The quantitative estimate of drug-likeness (QED) is 0.891. The van der Waals surface area contributed by atoms with Crippen molar-refractivity contribution < 1.29 is 8.78 Å². The average molecular weight is 264 g/mol. The van der Waals surface area contributed by atoms with Crippen LogP contribution in [0.15, 0.2) is 24.5 Å². The van der Waals surface area contributed by atoms with Gasteiger partial charge in [0.25, 0.3) is 0 Å². The number of hydrogen-bond acceptors (Lipinski definition) is 4. The van der Waals surface area contributed by atoms with Gasteiger partial charge in [-0.15, -0.1) is 0 Å². The van der Waals surface area contributed by atoms with E-state index in [9.17, 15) is 8.78 Å². The van der Waals surface area contributed by atoms with Crippen molar-refractivity contribution in [3.63, 3.8) is 0 Å². The molecule has 0 saturated heterocycles. The molecular formula is C13H14F2N4.